The van der Waals surface area contributed by atoms with Gasteiger partial charge in [-0.2, -0.15) is 4.98 Å². The number of thiazole rings is 1. The van der Waals surface area contributed by atoms with E-state index in [1.165, 1.54) is 32.7 Å². The molecule has 0 unspecified atom stereocenters. The number of aromatic nitrogens is 1. The molecule has 8 heteroatoms. The predicted octanol–water partition coefficient (Wildman–Crippen LogP) is 4.21. The van der Waals surface area contributed by atoms with Gasteiger partial charge in [-0.1, -0.05) is 29.5 Å². The lowest BCUT2D eigenvalue weighted by molar-refractivity contribution is 0.102. The van der Waals surface area contributed by atoms with Crippen molar-refractivity contribution in [1.82, 2.24) is 4.98 Å². The van der Waals surface area contributed by atoms with E-state index in [1.807, 2.05) is 30.3 Å². The van der Waals surface area contributed by atoms with E-state index in [0.29, 0.717) is 33.9 Å². The average molecular weight is 386 g/mol. The number of nitrogens with zero attached hydrogens (tertiary/aromatic N) is 1. The number of nitrogens with one attached hydrogen (secondary N) is 1. The summed E-state index contributed by atoms with van der Waals surface area (Å²) in [4.78, 5) is 16.7. The Morgan fingerprint density at radius 3 is 2.26 bits per heavy atom. The summed E-state index contributed by atoms with van der Waals surface area (Å²) in [7, 11) is 4.54. The van der Waals surface area contributed by atoms with Crippen molar-refractivity contribution in [1.29, 1.82) is 0 Å². The van der Waals surface area contributed by atoms with E-state index in [1.54, 1.807) is 17.5 Å². The lowest BCUT2D eigenvalue weighted by atomic mass is 10.2. The minimum absolute atomic E-state index is 0.250. The van der Waals surface area contributed by atoms with Crippen LogP contribution in [0.15, 0.2) is 47.8 Å². The second kappa shape index (κ2) is 8.41. The van der Waals surface area contributed by atoms with E-state index in [0.717, 1.165) is 0 Å². The van der Waals surface area contributed by atoms with Crippen LogP contribution in [0.1, 0.15) is 10.5 Å². The van der Waals surface area contributed by atoms with E-state index in [4.69, 9.17) is 18.9 Å². The molecule has 0 saturated heterocycles. The van der Waals surface area contributed by atoms with Crippen LogP contribution >= 0.6 is 11.3 Å². The number of carbonyl (C=O) groups is 1. The van der Waals surface area contributed by atoms with E-state index in [9.17, 15) is 4.79 Å². The molecule has 0 aliphatic heterocycles. The Morgan fingerprint density at radius 2 is 1.67 bits per heavy atom. The first-order valence-corrected chi connectivity index (χ1v) is 8.82. The van der Waals surface area contributed by atoms with Crippen molar-refractivity contribution in [2.75, 3.05) is 26.6 Å². The zero-order valence-corrected chi connectivity index (χ0v) is 15.8. The fourth-order valence-corrected chi connectivity index (χ4v) is 3.01. The van der Waals surface area contributed by atoms with Crippen LogP contribution in [0.3, 0.4) is 0 Å². The molecule has 0 aliphatic rings. The van der Waals surface area contributed by atoms with Crippen molar-refractivity contribution in [3.8, 4) is 28.2 Å². The summed E-state index contributed by atoms with van der Waals surface area (Å²) in [6.45, 7) is 0. The highest BCUT2D eigenvalue weighted by Gasteiger charge is 2.17. The topological polar surface area (TPSA) is 78.9 Å². The Labute approximate surface area is 160 Å². The Morgan fingerprint density at radius 1 is 1.00 bits per heavy atom. The smallest absolute Gasteiger partial charge is 0.279 e. The van der Waals surface area contributed by atoms with Crippen LogP contribution in [0.4, 0.5) is 5.69 Å². The molecular weight excluding hydrogens is 368 g/mol. The molecule has 0 atom stereocenters. The van der Waals surface area contributed by atoms with Crippen LogP contribution in [-0.2, 0) is 0 Å². The number of carbonyl (C=O) groups excluding carboxylic acids is 1. The maximum absolute atomic E-state index is 12.5. The first-order valence-electron chi connectivity index (χ1n) is 7.94. The molecule has 1 N–H and O–H groups in total. The number of rotatable bonds is 7. The number of hydrogen-bond donors (Lipinski definition) is 1. The second-order valence-electron chi connectivity index (χ2n) is 5.28. The molecule has 0 bridgehead atoms. The molecule has 1 amide bonds. The lowest BCUT2D eigenvalue weighted by Crippen LogP contribution is -2.12. The van der Waals surface area contributed by atoms with Gasteiger partial charge in [0.1, 0.15) is 11.4 Å². The largest absolute Gasteiger partial charge is 0.493 e. The number of amides is 1. The van der Waals surface area contributed by atoms with Gasteiger partial charge in [0.2, 0.25) is 5.75 Å². The standard InChI is InChI=1S/C19H18N2O5S/c1-23-15-9-12(10-16(24-2)17(15)25-3)20-18(22)14-11-27-19(21-14)26-13-7-5-4-6-8-13/h4-11H,1-3H3,(H,20,22). The van der Waals surface area contributed by atoms with Gasteiger partial charge in [0, 0.05) is 23.2 Å². The summed E-state index contributed by atoms with van der Waals surface area (Å²) in [5, 5.41) is 4.79. The van der Waals surface area contributed by atoms with Crippen LogP contribution in [0.2, 0.25) is 0 Å². The van der Waals surface area contributed by atoms with Crippen molar-refractivity contribution in [3.63, 3.8) is 0 Å². The molecule has 3 aromatic rings. The molecular formula is C19H18N2O5S. The summed E-state index contributed by atoms with van der Waals surface area (Å²) in [6, 6.07) is 12.5. The quantitative estimate of drug-likeness (QED) is 0.655. The summed E-state index contributed by atoms with van der Waals surface area (Å²) in [6.07, 6.45) is 0. The Hall–Kier alpha value is -3.26. The third-order valence-corrected chi connectivity index (χ3v) is 4.30. The van der Waals surface area contributed by atoms with Gasteiger partial charge in [0.05, 0.1) is 21.3 Å². The highest BCUT2D eigenvalue weighted by Crippen LogP contribution is 2.40. The first-order chi connectivity index (χ1) is 13.1. The van der Waals surface area contributed by atoms with Gasteiger partial charge in [0.15, 0.2) is 11.5 Å². The lowest BCUT2D eigenvalue weighted by Gasteiger charge is -2.14. The molecule has 7 nitrogen and oxygen atoms in total. The van der Waals surface area contributed by atoms with Gasteiger partial charge in [0.25, 0.3) is 11.1 Å². The van der Waals surface area contributed by atoms with Crippen LogP contribution in [0.5, 0.6) is 28.2 Å². The number of anilines is 1. The molecule has 0 fully saturated rings. The first kappa shape index (κ1) is 18.5. The zero-order valence-electron chi connectivity index (χ0n) is 15.0. The van der Waals surface area contributed by atoms with Crippen molar-refractivity contribution in [2.45, 2.75) is 0 Å². The summed E-state index contributed by atoms with van der Waals surface area (Å²) in [5.41, 5.74) is 0.743. The van der Waals surface area contributed by atoms with E-state index in [2.05, 4.69) is 10.3 Å². The highest BCUT2D eigenvalue weighted by molar-refractivity contribution is 7.11. The number of methoxy groups -OCH3 is 3. The fourth-order valence-electron chi connectivity index (χ4n) is 2.35. The van der Waals surface area contributed by atoms with E-state index in [-0.39, 0.29) is 11.6 Å². The molecule has 0 saturated carbocycles. The maximum atomic E-state index is 12.5. The summed E-state index contributed by atoms with van der Waals surface area (Å²) in [5.74, 6) is 1.62. The third kappa shape index (κ3) is 4.29. The molecule has 0 spiro atoms. The minimum atomic E-state index is -0.372. The van der Waals surface area contributed by atoms with Crippen LogP contribution in [-0.4, -0.2) is 32.2 Å². The molecule has 3 rings (SSSR count). The van der Waals surface area contributed by atoms with Crippen molar-refractivity contribution in [3.05, 3.63) is 53.5 Å². The normalized spacial score (nSPS) is 10.2. The van der Waals surface area contributed by atoms with Crippen molar-refractivity contribution in [2.24, 2.45) is 0 Å². The second-order valence-corrected chi connectivity index (χ2v) is 6.10. The van der Waals surface area contributed by atoms with Crippen LogP contribution in [0.25, 0.3) is 0 Å². The number of para-hydroxylation sites is 1. The Bertz CT molecular complexity index is 902. The van der Waals surface area contributed by atoms with Crippen LogP contribution in [0, 0.1) is 0 Å². The van der Waals surface area contributed by atoms with Crippen LogP contribution < -0.4 is 24.3 Å². The van der Waals surface area contributed by atoms with Crippen molar-refractivity contribution < 1.29 is 23.7 Å². The molecule has 1 heterocycles. The van der Waals surface area contributed by atoms with Crippen molar-refractivity contribution >= 4 is 22.9 Å². The average Bonchev–Trinajstić information content (AvgIpc) is 3.16. The van der Waals surface area contributed by atoms with E-state index >= 15 is 0 Å². The minimum Gasteiger partial charge on any atom is -0.493 e. The third-order valence-electron chi connectivity index (χ3n) is 3.59. The summed E-state index contributed by atoms with van der Waals surface area (Å²) >= 11 is 1.24. The maximum Gasteiger partial charge on any atom is 0.279 e. The van der Waals surface area contributed by atoms with Gasteiger partial charge in [-0.25, -0.2) is 0 Å². The molecule has 140 valence electrons. The summed E-state index contributed by atoms with van der Waals surface area (Å²) < 4.78 is 21.5. The van der Waals surface area contributed by atoms with Gasteiger partial charge >= 0.3 is 0 Å². The Kier molecular flexibility index (Phi) is 5.77. The number of hydrogen-bond acceptors (Lipinski definition) is 7. The molecule has 0 radical (unpaired) electrons. The SMILES string of the molecule is COc1cc(NC(=O)c2csc(Oc3ccccc3)n2)cc(OC)c1OC. The zero-order chi connectivity index (χ0) is 19.2. The Balaban J connectivity index is 1.76. The predicted molar refractivity (Wildman–Crippen MR) is 103 cm³/mol. The van der Waals surface area contributed by atoms with Gasteiger partial charge in [-0.3, -0.25) is 4.79 Å². The molecule has 27 heavy (non-hydrogen) atoms. The van der Waals surface area contributed by atoms with Gasteiger partial charge < -0.3 is 24.3 Å². The molecule has 1 aromatic heterocycles. The van der Waals surface area contributed by atoms with E-state index < -0.39 is 0 Å². The monoisotopic (exact) mass is 386 g/mol. The van der Waals surface area contributed by atoms with Gasteiger partial charge in [-0.15, -0.1) is 0 Å². The fraction of sp³-hybridized carbons (Fsp3) is 0.158. The molecule has 0 aliphatic carbocycles. The highest BCUT2D eigenvalue weighted by atomic mass is 32.1. The number of ether oxygens (including phenoxy) is 4. The number of benzene rings is 2. The van der Waals surface area contributed by atoms with Gasteiger partial charge in [-0.05, 0) is 12.1 Å². The molecule has 2 aromatic carbocycles.